The summed E-state index contributed by atoms with van der Waals surface area (Å²) in [4.78, 5) is 12.4. The number of hydrogen-bond donors (Lipinski definition) is 1. The molecule has 0 aliphatic rings. The summed E-state index contributed by atoms with van der Waals surface area (Å²) < 4.78 is 30.9. The normalized spacial score (nSPS) is 12.3. The first-order chi connectivity index (χ1) is 12.3. The van der Waals surface area contributed by atoms with Crippen molar-refractivity contribution in [3.05, 3.63) is 59.6 Å². The molecule has 0 bridgehead atoms. The van der Waals surface area contributed by atoms with Crippen LogP contribution in [-0.4, -0.2) is 39.8 Å². The van der Waals surface area contributed by atoms with Crippen LogP contribution >= 0.6 is 11.6 Å². The maximum Gasteiger partial charge on any atom is 0.243 e. The van der Waals surface area contributed by atoms with Crippen molar-refractivity contribution in [2.24, 2.45) is 0 Å². The van der Waals surface area contributed by atoms with Crippen LogP contribution in [0.3, 0.4) is 0 Å². The SMILES string of the molecule is CC(C(=O)NCCOc1ccccc1)N(c1cccc(Cl)c1)S(C)(=O)=O. The summed E-state index contributed by atoms with van der Waals surface area (Å²) in [6, 6.07) is 14.7. The average Bonchev–Trinajstić information content (AvgIpc) is 2.58. The number of para-hydroxylation sites is 1. The second-order valence-corrected chi connectivity index (χ2v) is 7.96. The second kappa shape index (κ2) is 8.91. The van der Waals surface area contributed by atoms with Crippen molar-refractivity contribution in [2.75, 3.05) is 23.7 Å². The topological polar surface area (TPSA) is 75.7 Å². The van der Waals surface area contributed by atoms with E-state index in [4.69, 9.17) is 16.3 Å². The van der Waals surface area contributed by atoms with E-state index in [1.54, 1.807) is 18.2 Å². The average molecular weight is 397 g/mol. The van der Waals surface area contributed by atoms with Gasteiger partial charge in [0.05, 0.1) is 18.5 Å². The number of amides is 1. The number of halogens is 1. The van der Waals surface area contributed by atoms with Gasteiger partial charge >= 0.3 is 0 Å². The van der Waals surface area contributed by atoms with Gasteiger partial charge in [-0.25, -0.2) is 8.42 Å². The number of nitrogens with one attached hydrogen (secondary N) is 1. The van der Waals surface area contributed by atoms with Gasteiger partial charge in [0, 0.05) is 5.02 Å². The van der Waals surface area contributed by atoms with Crippen molar-refractivity contribution in [1.82, 2.24) is 5.32 Å². The molecule has 0 aromatic heterocycles. The van der Waals surface area contributed by atoms with Gasteiger partial charge in [0.25, 0.3) is 0 Å². The van der Waals surface area contributed by atoms with Crippen LogP contribution in [0.4, 0.5) is 5.69 Å². The summed E-state index contributed by atoms with van der Waals surface area (Å²) in [5.41, 5.74) is 0.336. The molecular weight excluding hydrogens is 376 g/mol. The van der Waals surface area contributed by atoms with Crippen LogP contribution in [0.1, 0.15) is 6.92 Å². The number of ether oxygens (including phenoxy) is 1. The first-order valence-electron chi connectivity index (χ1n) is 7.99. The Bertz CT molecular complexity index is 843. The molecule has 2 aromatic carbocycles. The number of benzene rings is 2. The van der Waals surface area contributed by atoms with Gasteiger partial charge in [0.2, 0.25) is 15.9 Å². The third kappa shape index (κ3) is 5.64. The molecule has 0 heterocycles. The highest BCUT2D eigenvalue weighted by molar-refractivity contribution is 7.92. The molecule has 0 spiro atoms. The van der Waals surface area contributed by atoms with Crippen LogP contribution in [0.5, 0.6) is 5.75 Å². The number of sulfonamides is 1. The molecule has 6 nitrogen and oxygen atoms in total. The molecule has 1 atom stereocenters. The minimum absolute atomic E-state index is 0.255. The van der Waals surface area contributed by atoms with Crippen LogP contribution in [0.2, 0.25) is 5.02 Å². The van der Waals surface area contributed by atoms with Crippen molar-refractivity contribution >= 4 is 33.2 Å². The Morgan fingerprint density at radius 1 is 1.19 bits per heavy atom. The Hall–Kier alpha value is -2.25. The molecule has 140 valence electrons. The molecule has 26 heavy (non-hydrogen) atoms. The predicted molar refractivity (Wildman–Crippen MR) is 103 cm³/mol. The summed E-state index contributed by atoms with van der Waals surface area (Å²) in [6.07, 6.45) is 1.05. The van der Waals surface area contributed by atoms with Gasteiger partial charge in [0.1, 0.15) is 18.4 Å². The molecule has 0 radical (unpaired) electrons. The van der Waals surface area contributed by atoms with E-state index in [1.807, 2.05) is 30.3 Å². The van der Waals surface area contributed by atoms with E-state index >= 15 is 0 Å². The standard InChI is InChI=1S/C18H21ClN2O4S/c1-14(18(22)20-11-12-25-17-9-4-3-5-10-17)21(26(2,23)24)16-8-6-7-15(19)13-16/h3-10,13-14H,11-12H2,1-2H3,(H,20,22). The van der Waals surface area contributed by atoms with Gasteiger partial charge < -0.3 is 10.1 Å². The Morgan fingerprint density at radius 3 is 2.50 bits per heavy atom. The summed E-state index contributed by atoms with van der Waals surface area (Å²) >= 11 is 5.95. The van der Waals surface area contributed by atoms with E-state index in [0.29, 0.717) is 16.5 Å². The van der Waals surface area contributed by atoms with Gasteiger partial charge in [0.15, 0.2) is 0 Å². The first kappa shape index (κ1) is 20.1. The highest BCUT2D eigenvalue weighted by Crippen LogP contribution is 2.24. The molecule has 0 aliphatic carbocycles. The van der Waals surface area contributed by atoms with E-state index in [2.05, 4.69) is 5.32 Å². The Kier molecular flexibility index (Phi) is 6.88. The van der Waals surface area contributed by atoms with Gasteiger partial charge in [-0.3, -0.25) is 9.10 Å². The lowest BCUT2D eigenvalue weighted by molar-refractivity contribution is -0.121. The minimum Gasteiger partial charge on any atom is -0.492 e. The van der Waals surface area contributed by atoms with Crippen LogP contribution in [0.25, 0.3) is 0 Å². The molecule has 1 N–H and O–H groups in total. The summed E-state index contributed by atoms with van der Waals surface area (Å²) in [5, 5.41) is 3.08. The van der Waals surface area contributed by atoms with Crippen molar-refractivity contribution < 1.29 is 17.9 Å². The van der Waals surface area contributed by atoms with Gasteiger partial charge in [-0.1, -0.05) is 35.9 Å². The van der Waals surface area contributed by atoms with Crippen LogP contribution in [0.15, 0.2) is 54.6 Å². The highest BCUT2D eigenvalue weighted by atomic mass is 35.5. The summed E-state index contributed by atoms with van der Waals surface area (Å²) in [6.45, 7) is 2.05. The zero-order valence-corrected chi connectivity index (χ0v) is 16.1. The molecule has 0 saturated carbocycles. The van der Waals surface area contributed by atoms with Crippen LogP contribution in [-0.2, 0) is 14.8 Å². The fourth-order valence-electron chi connectivity index (χ4n) is 2.43. The second-order valence-electron chi connectivity index (χ2n) is 5.67. The third-order valence-corrected chi connectivity index (χ3v) is 5.04. The molecule has 2 aromatic rings. The fraction of sp³-hybridized carbons (Fsp3) is 0.278. The third-order valence-electron chi connectivity index (χ3n) is 3.56. The van der Waals surface area contributed by atoms with E-state index < -0.39 is 22.0 Å². The van der Waals surface area contributed by atoms with E-state index in [1.165, 1.54) is 13.0 Å². The number of hydrogen-bond acceptors (Lipinski definition) is 4. The maximum absolute atomic E-state index is 12.4. The van der Waals surface area contributed by atoms with E-state index in [9.17, 15) is 13.2 Å². The number of nitrogens with zero attached hydrogens (tertiary/aromatic N) is 1. The van der Waals surface area contributed by atoms with E-state index in [-0.39, 0.29) is 13.2 Å². The molecule has 0 aliphatic heterocycles. The number of carbonyl (C=O) groups is 1. The molecule has 0 saturated heterocycles. The molecule has 2 rings (SSSR count). The van der Waals surface area contributed by atoms with Crippen LogP contribution < -0.4 is 14.4 Å². The first-order valence-corrected chi connectivity index (χ1v) is 10.2. The van der Waals surface area contributed by atoms with Gasteiger partial charge in [-0.05, 0) is 37.3 Å². The quantitative estimate of drug-likeness (QED) is 0.696. The lowest BCUT2D eigenvalue weighted by Crippen LogP contribution is -2.48. The molecule has 0 fully saturated rings. The lowest BCUT2D eigenvalue weighted by Gasteiger charge is -2.28. The van der Waals surface area contributed by atoms with Crippen molar-refractivity contribution in [1.29, 1.82) is 0 Å². The predicted octanol–water partition coefficient (Wildman–Crippen LogP) is 2.69. The zero-order chi connectivity index (χ0) is 19.2. The van der Waals surface area contributed by atoms with Gasteiger partial charge in [-0.15, -0.1) is 0 Å². The Balaban J connectivity index is 1.99. The number of rotatable bonds is 8. The smallest absolute Gasteiger partial charge is 0.243 e. The van der Waals surface area contributed by atoms with E-state index in [0.717, 1.165) is 10.6 Å². The zero-order valence-electron chi connectivity index (χ0n) is 14.6. The van der Waals surface area contributed by atoms with Crippen molar-refractivity contribution in [2.45, 2.75) is 13.0 Å². The summed E-state index contributed by atoms with van der Waals surface area (Å²) in [7, 11) is -3.67. The molecular formula is C18H21ClN2O4S. The Labute approximate surface area is 158 Å². The number of carbonyl (C=O) groups excluding carboxylic acids is 1. The number of anilines is 1. The largest absolute Gasteiger partial charge is 0.492 e. The van der Waals surface area contributed by atoms with Crippen molar-refractivity contribution in [3.8, 4) is 5.75 Å². The monoisotopic (exact) mass is 396 g/mol. The molecule has 1 unspecified atom stereocenters. The summed E-state index contributed by atoms with van der Waals surface area (Å²) in [5.74, 6) is 0.276. The Morgan fingerprint density at radius 2 is 1.88 bits per heavy atom. The lowest BCUT2D eigenvalue weighted by atomic mass is 10.2. The fourth-order valence-corrected chi connectivity index (χ4v) is 3.78. The molecule has 8 heteroatoms. The van der Waals surface area contributed by atoms with Gasteiger partial charge in [-0.2, -0.15) is 0 Å². The van der Waals surface area contributed by atoms with Crippen molar-refractivity contribution in [3.63, 3.8) is 0 Å². The maximum atomic E-state index is 12.4. The minimum atomic E-state index is -3.67. The highest BCUT2D eigenvalue weighted by Gasteiger charge is 2.29. The van der Waals surface area contributed by atoms with Crippen LogP contribution in [0, 0.1) is 0 Å². The molecule has 1 amide bonds.